The zero-order chi connectivity index (χ0) is 22.9. The number of carbonyl (C=O) groups is 2. The van der Waals surface area contributed by atoms with Crippen molar-refractivity contribution in [2.75, 3.05) is 11.5 Å². The van der Waals surface area contributed by atoms with E-state index in [1.165, 1.54) is 35.2 Å². The summed E-state index contributed by atoms with van der Waals surface area (Å²) in [5, 5.41) is 9.21. The first kappa shape index (κ1) is 21.3. The molecular weight excluding hydrogens is 428 g/mol. The third kappa shape index (κ3) is 3.63. The molecule has 32 heavy (non-hydrogen) atoms. The van der Waals surface area contributed by atoms with E-state index in [0.717, 1.165) is 0 Å². The van der Waals surface area contributed by atoms with Crippen LogP contribution in [0, 0.1) is 11.3 Å². The number of carbonyl (C=O) groups excluding carboxylic acids is 2. The predicted molar refractivity (Wildman–Crippen MR) is 116 cm³/mol. The summed E-state index contributed by atoms with van der Waals surface area (Å²) in [6.45, 7) is 1.83. The van der Waals surface area contributed by atoms with Crippen LogP contribution in [0.1, 0.15) is 38.8 Å². The molecule has 1 heterocycles. The molecule has 0 saturated heterocycles. The Balaban J connectivity index is 1.95. The van der Waals surface area contributed by atoms with Gasteiger partial charge in [-0.15, -0.1) is 0 Å². The molecule has 0 aromatic heterocycles. The first-order valence-electron chi connectivity index (χ1n) is 9.83. The molecule has 3 aromatic rings. The molecule has 1 aliphatic rings. The lowest BCUT2D eigenvalue weighted by molar-refractivity contribution is 0.0526. The van der Waals surface area contributed by atoms with E-state index in [1.807, 2.05) is 0 Å². The Hall–Kier alpha value is -3.96. The van der Waals surface area contributed by atoms with Crippen LogP contribution < -0.4 is 4.90 Å². The van der Waals surface area contributed by atoms with Gasteiger partial charge < -0.3 is 9.64 Å². The zero-order valence-electron chi connectivity index (χ0n) is 17.1. The molecule has 4 rings (SSSR count). The maximum atomic E-state index is 13.5. The van der Waals surface area contributed by atoms with Crippen molar-refractivity contribution in [2.45, 2.75) is 23.3 Å². The van der Waals surface area contributed by atoms with E-state index in [9.17, 15) is 23.3 Å². The van der Waals surface area contributed by atoms with Crippen LogP contribution in [0.3, 0.4) is 0 Å². The van der Waals surface area contributed by atoms with Gasteiger partial charge in [0.15, 0.2) is 0 Å². The van der Waals surface area contributed by atoms with Gasteiger partial charge >= 0.3 is 5.97 Å². The molecule has 1 aliphatic heterocycles. The van der Waals surface area contributed by atoms with E-state index in [2.05, 4.69) is 6.07 Å². The van der Waals surface area contributed by atoms with Crippen LogP contribution >= 0.6 is 0 Å². The lowest BCUT2D eigenvalue weighted by Gasteiger charge is -2.23. The summed E-state index contributed by atoms with van der Waals surface area (Å²) in [6.07, 6.45) is 0. The Kier molecular flexibility index (Phi) is 5.51. The maximum Gasteiger partial charge on any atom is 0.338 e. The fourth-order valence-corrected chi connectivity index (χ4v) is 5.26. The van der Waals surface area contributed by atoms with Gasteiger partial charge in [0.1, 0.15) is 0 Å². The number of hydrogen-bond donors (Lipinski definition) is 0. The van der Waals surface area contributed by atoms with Gasteiger partial charge in [-0.1, -0.05) is 24.3 Å². The molecule has 8 heteroatoms. The highest BCUT2D eigenvalue weighted by molar-refractivity contribution is 7.91. The average molecular weight is 446 g/mol. The summed E-state index contributed by atoms with van der Waals surface area (Å²) in [4.78, 5) is 27.0. The summed E-state index contributed by atoms with van der Waals surface area (Å²) in [7, 11) is -4.03. The standard InChI is InChI=1S/C24H18N2O5S/c1-2-31-24(28)18-10-11-22-20(13-18)26(15-17-7-5-6-16(12-17)14-25)23(27)19-8-3-4-9-21(19)32(22,29)30/h3-13H,2,15H2,1H3. The molecule has 0 atom stereocenters. The van der Waals surface area contributed by atoms with Crippen LogP contribution in [0.15, 0.2) is 76.5 Å². The first-order chi connectivity index (χ1) is 15.4. The van der Waals surface area contributed by atoms with E-state index in [0.29, 0.717) is 11.1 Å². The number of sulfone groups is 1. The van der Waals surface area contributed by atoms with E-state index in [4.69, 9.17) is 4.74 Å². The highest BCUT2D eigenvalue weighted by atomic mass is 32.2. The molecular formula is C24H18N2O5S. The molecule has 1 amide bonds. The fraction of sp³-hybridized carbons (Fsp3) is 0.125. The van der Waals surface area contributed by atoms with Gasteiger partial charge in [-0.05, 0) is 55.0 Å². The van der Waals surface area contributed by atoms with Crippen LogP contribution in [-0.4, -0.2) is 26.9 Å². The van der Waals surface area contributed by atoms with Crippen molar-refractivity contribution in [1.29, 1.82) is 5.26 Å². The second-order valence-electron chi connectivity index (χ2n) is 7.11. The minimum absolute atomic E-state index is 0.0114. The Labute approximate surface area is 185 Å². The maximum absolute atomic E-state index is 13.5. The Morgan fingerprint density at radius 3 is 2.56 bits per heavy atom. The van der Waals surface area contributed by atoms with Crippen LogP contribution in [0.4, 0.5) is 5.69 Å². The minimum Gasteiger partial charge on any atom is -0.462 e. The van der Waals surface area contributed by atoms with Crippen molar-refractivity contribution in [3.8, 4) is 6.07 Å². The summed E-state index contributed by atoms with van der Waals surface area (Å²) in [6, 6.07) is 18.8. The molecule has 0 saturated carbocycles. The fourth-order valence-electron chi connectivity index (χ4n) is 3.63. The normalized spacial score (nSPS) is 14.0. The largest absolute Gasteiger partial charge is 0.462 e. The third-order valence-electron chi connectivity index (χ3n) is 5.10. The van der Waals surface area contributed by atoms with Gasteiger partial charge in [-0.2, -0.15) is 5.26 Å². The third-order valence-corrected chi connectivity index (χ3v) is 6.96. The van der Waals surface area contributed by atoms with E-state index in [1.54, 1.807) is 43.3 Å². The molecule has 0 aliphatic carbocycles. The van der Waals surface area contributed by atoms with Crippen LogP contribution in [0.5, 0.6) is 0 Å². The Morgan fingerprint density at radius 2 is 1.81 bits per heavy atom. The Morgan fingerprint density at radius 1 is 1.03 bits per heavy atom. The lowest BCUT2D eigenvalue weighted by Crippen LogP contribution is -2.30. The summed E-state index contributed by atoms with van der Waals surface area (Å²) >= 11 is 0. The van der Waals surface area contributed by atoms with Crippen molar-refractivity contribution in [3.63, 3.8) is 0 Å². The van der Waals surface area contributed by atoms with Crippen molar-refractivity contribution >= 4 is 27.4 Å². The molecule has 0 N–H and O–H groups in total. The average Bonchev–Trinajstić information content (AvgIpc) is 2.87. The second-order valence-corrected chi connectivity index (χ2v) is 8.99. The number of anilines is 1. The highest BCUT2D eigenvalue weighted by Gasteiger charge is 2.36. The molecule has 0 radical (unpaired) electrons. The number of esters is 1. The Bertz CT molecular complexity index is 1390. The number of rotatable bonds is 4. The van der Waals surface area contributed by atoms with Crippen molar-refractivity contribution in [3.05, 3.63) is 89.0 Å². The van der Waals surface area contributed by atoms with Gasteiger partial charge in [0.05, 0.1) is 51.4 Å². The predicted octanol–water partition coefficient (Wildman–Crippen LogP) is 3.73. The number of benzene rings is 3. The molecule has 160 valence electrons. The topological polar surface area (TPSA) is 105 Å². The summed E-state index contributed by atoms with van der Waals surface area (Å²) in [5.41, 5.74) is 1.31. The number of nitrogens with zero attached hydrogens (tertiary/aromatic N) is 2. The molecule has 7 nitrogen and oxygen atoms in total. The van der Waals surface area contributed by atoms with E-state index < -0.39 is 21.7 Å². The van der Waals surface area contributed by atoms with E-state index >= 15 is 0 Å². The molecule has 0 unspecified atom stereocenters. The van der Waals surface area contributed by atoms with Crippen LogP contribution in [-0.2, 0) is 21.1 Å². The monoisotopic (exact) mass is 446 g/mol. The molecule has 3 aromatic carbocycles. The number of ether oxygens (including phenoxy) is 1. The van der Waals surface area contributed by atoms with Gasteiger partial charge in [-0.25, -0.2) is 13.2 Å². The number of hydrogen-bond acceptors (Lipinski definition) is 6. The lowest BCUT2D eigenvalue weighted by atomic mass is 10.1. The quantitative estimate of drug-likeness (QED) is 0.566. The SMILES string of the molecule is CCOC(=O)c1ccc2c(c1)N(Cc1cccc(C#N)c1)C(=O)c1ccccc1S2(=O)=O. The number of nitriles is 1. The molecule has 0 fully saturated rings. The van der Waals surface area contributed by atoms with Crippen molar-refractivity contribution in [1.82, 2.24) is 0 Å². The van der Waals surface area contributed by atoms with Gasteiger partial charge in [0, 0.05) is 0 Å². The summed E-state index contributed by atoms with van der Waals surface area (Å²) in [5.74, 6) is -1.14. The van der Waals surface area contributed by atoms with Crippen molar-refractivity contribution < 1.29 is 22.7 Å². The number of fused-ring (bicyclic) bond motifs is 2. The van der Waals surface area contributed by atoms with Crippen LogP contribution in [0.25, 0.3) is 0 Å². The van der Waals surface area contributed by atoms with Crippen LogP contribution in [0.2, 0.25) is 0 Å². The van der Waals surface area contributed by atoms with E-state index in [-0.39, 0.29) is 39.8 Å². The zero-order valence-corrected chi connectivity index (χ0v) is 17.9. The minimum atomic E-state index is -4.03. The smallest absolute Gasteiger partial charge is 0.338 e. The second kappa shape index (κ2) is 8.29. The van der Waals surface area contributed by atoms with Gasteiger partial charge in [0.25, 0.3) is 5.91 Å². The number of amides is 1. The van der Waals surface area contributed by atoms with Gasteiger partial charge in [-0.3, -0.25) is 4.79 Å². The highest BCUT2D eigenvalue weighted by Crippen LogP contribution is 2.38. The van der Waals surface area contributed by atoms with Crippen molar-refractivity contribution in [2.24, 2.45) is 0 Å². The molecule has 0 spiro atoms. The van der Waals surface area contributed by atoms with Gasteiger partial charge in [0.2, 0.25) is 9.84 Å². The summed E-state index contributed by atoms with van der Waals surface area (Å²) < 4.78 is 31.9. The molecule has 0 bridgehead atoms. The first-order valence-corrected chi connectivity index (χ1v) is 11.3.